The van der Waals surface area contributed by atoms with Gasteiger partial charge >= 0.3 is 0 Å². The zero-order chi connectivity index (χ0) is 15.9. The fourth-order valence-electron chi connectivity index (χ4n) is 1.91. The van der Waals surface area contributed by atoms with E-state index in [9.17, 15) is 8.42 Å². The van der Waals surface area contributed by atoms with Crippen LogP contribution in [0.2, 0.25) is 0 Å². The summed E-state index contributed by atoms with van der Waals surface area (Å²) in [6.07, 6.45) is 2.87. The van der Waals surface area contributed by atoms with E-state index >= 15 is 0 Å². The van der Waals surface area contributed by atoms with Crippen LogP contribution < -0.4 is 10.0 Å². The second-order valence-electron chi connectivity index (χ2n) is 5.11. The smallest absolute Gasteiger partial charge is 0.240 e. The van der Waals surface area contributed by atoms with Crippen LogP contribution in [0.25, 0.3) is 0 Å². The molecular formula is C15H26N2O2S2. The largest absolute Gasteiger partial charge is 0.313 e. The van der Waals surface area contributed by atoms with Crippen molar-refractivity contribution >= 4 is 21.8 Å². The molecule has 0 bridgehead atoms. The summed E-state index contributed by atoms with van der Waals surface area (Å²) in [5.74, 6) is 0. The lowest BCUT2D eigenvalue weighted by molar-refractivity contribution is 0.578. The molecule has 0 heterocycles. The van der Waals surface area contributed by atoms with Crippen molar-refractivity contribution in [2.45, 2.75) is 43.9 Å². The number of benzene rings is 1. The molecule has 1 atom stereocenters. The van der Waals surface area contributed by atoms with Crippen LogP contribution in [0, 0.1) is 6.92 Å². The maximum atomic E-state index is 12.4. The molecule has 0 spiro atoms. The van der Waals surface area contributed by atoms with Gasteiger partial charge in [-0.25, -0.2) is 13.1 Å². The molecule has 0 aromatic heterocycles. The maximum absolute atomic E-state index is 12.4. The van der Waals surface area contributed by atoms with Gasteiger partial charge in [0.2, 0.25) is 10.0 Å². The number of sulfonamides is 1. The molecule has 6 heteroatoms. The summed E-state index contributed by atoms with van der Waals surface area (Å²) >= 11 is 1.74. The van der Waals surface area contributed by atoms with E-state index in [-0.39, 0.29) is 0 Å². The van der Waals surface area contributed by atoms with Crippen LogP contribution in [-0.2, 0) is 16.6 Å². The fraction of sp³-hybridized carbons (Fsp3) is 0.600. The Balaban J connectivity index is 2.81. The van der Waals surface area contributed by atoms with Gasteiger partial charge in [0.1, 0.15) is 0 Å². The third-order valence-corrected chi connectivity index (χ3v) is 6.01. The normalized spacial score (nSPS) is 13.3. The Bertz CT molecular complexity index is 545. The summed E-state index contributed by atoms with van der Waals surface area (Å²) in [7, 11) is -3.43. The fourth-order valence-corrected chi connectivity index (χ4v) is 3.60. The summed E-state index contributed by atoms with van der Waals surface area (Å²) in [5, 5.41) is 3.66. The molecule has 0 aliphatic heterocycles. The molecule has 2 N–H and O–H groups in total. The number of rotatable bonds is 9. The lowest BCUT2D eigenvalue weighted by Gasteiger charge is -2.13. The Morgan fingerprint density at radius 1 is 1.33 bits per heavy atom. The van der Waals surface area contributed by atoms with Gasteiger partial charge in [0.25, 0.3) is 0 Å². The van der Waals surface area contributed by atoms with Crippen molar-refractivity contribution in [2.75, 3.05) is 19.3 Å². The molecule has 4 nitrogen and oxygen atoms in total. The molecule has 1 aromatic rings. The molecule has 0 aliphatic rings. The Morgan fingerprint density at radius 3 is 2.67 bits per heavy atom. The van der Waals surface area contributed by atoms with E-state index in [1.807, 2.05) is 32.2 Å². The first-order valence-electron chi connectivity index (χ1n) is 7.23. The minimum atomic E-state index is -3.43. The molecular weight excluding hydrogens is 304 g/mol. The molecule has 0 saturated heterocycles. The van der Waals surface area contributed by atoms with E-state index in [0.29, 0.717) is 23.2 Å². The second kappa shape index (κ2) is 8.78. The van der Waals surface area contributed by atoms with Crippen LogP contribution in [0.4, 0.5) is 0 Å². The highest BCUT2D eigenvalue weighted by Gasteiger charge is 2.17. The van der Waals surface area contributed by atoms with Crippen LogP contribution in [0.15, 0.2) is 23.1 Å². The molecule has 0 saturated carbocycles. The predicted octanol–water partition coefficient (Wildman–Crippen LogP) is 2.52. The summed E-state index contributed by atoms with van der Waals surface area (Å²) in [6.45, 7) is 7.97. The molecule has 1 unspecified atom stereocenters. The van der Waals surface area contributed by atoms with Crippen molar-refractivity contribution in [3.05, 3.63) is 29.3 Å². The molecule has 120 valence electrons. The Hall–Kier alpha value is -0.560. The number of thioether (sulfide) groups is 1. The van der Waals surface area contributed by atoms with Gasteiger partial charge in [0.15, 0.2) is 0 Å². The van der Waals surface area contributed by atoms with Gasteiger partial charge in [-0.05, 0) is 43.3 Å². The Morgan fingerprint density at radius 2 is 2.05 bits per heavy atom. The maximum Gasteiger partial charge on any atom is 0.240 e. The standard InChI is InChI=1S/C15H26N2O2S2/c1-5-16-11-14-7-6-12(2)15(10-14)21(18,19)17-9-8-13(3)20-4/h6-7,10,13,16-17H,5,8-9,11H2,1-4H3. The molecule has 0 fully saturated rings. The van der Waals surface area contributed by atoms with Gasteiger partial charge in [-0.1, -0.05) is 26.0 Å². The van der Waals surface area contributed by atoms with Crippen molar-refractivity contribution < 1.29 is 8.42 Å². The first kappa shape index (κ1) is 18.5. The molecule has 21 heavy (non-hydrogen) atoms. The Labute approximate surface area is 133 Å². The van der Waals surface area contributed by atoms with Gasteiger partial charge < -0.3 is 5.32 Å². The molecule has 0 aliphatic carbocycles. The van der Waals surface area contributed by atoms with E-state index in [1.165, 1.54) is 0 Å². The van der Waals surface area contributed by atoms with Crippen molar-refractivity contribution in [2.24, 2.45) is 0 Å². The Kier molecular flexibility index (Phi) is 7.73. The number of hydrogen-bond acceptors (Lipinski definition) is 4. The van der Waals surface area contributed by atoms with E-state index in [4.69, 9.17) is 0 Å². The van der Waals surface area contributed by atoms with E-state index in [2.05, 4.69) is 17.0 Å². The third kappa shape index (κ3) is 5.98. The first-order valence-corrected chi connectivity index (χ1v) is 10.0. The molecule has 0 amide bonds. The lowest BCUT2D eigenvalue weighted by atomic mass is 10.1. The second-order valence-corrected chi connectivity index (χ2v) is 8.12. The summed E-state index contributed by atoms with van der Waals surface area (Å²) in [6, 6.07) is 5.59. The van der Waals surface area contributed by atoms with Gasteiger partial charge in [0, 0.05) is 18.3 Å². The quantitative estimate of drug-likeness (QED) is 0.730. The van der Waals surface area contributed by atoms with Crippen molar-refractivity contribution in [1.82, 2.24) is 10.0 Å². The van der Waals surface area contributed by atoms with E-state index < -0.39 is 10.0 Å². The highest BCUT2D eigenvalue weighted by Crippen LogP contribution is 2.17. The van der Waals surface area contributed by atoms with Crippen LogP contribution in [0.1, 0.15) is 31.4 Å². The summed E-state index contributed by atoms with van der Waals surface area (Å²) < 4.78 is 27.5. The SMILES string of the molecule is CCNCc1ccc(C)c(S(=O)(=O)NCCC(C)SC)c1. The van der Waals surface area contributed by atoms with Crippen LogP contribution in [-0.4, -0.2) is 33.0 Å². The average Bonchev–Trinajstić information content (AvgIpc) is 2.45. The molecule has 1 rings (SSSR count). The van der Waals surface area contributed by atoms with Crippen molar-refractivity contribution in [3.8, 4) is 0 Å². The lowest BCUT2D eigenvalue weighted by Crippen LogP contribution is -2.27. The number of aryl methyl sites for hydroxylation is 1. The summed E-state index contributed by atoms with van der Waals surface area (Å²) in [5.41, 5.74) is 1.76. The van der Waals surface area contributed by atoms with Gasteiger partial charge in [0.05, 0.1) is 4.90 Å². The monoisotopic (exact) mass is 330 g/mol. The first-order chi connectivity index (χ1) is 9.90. The van der Waals surface area contributed by atoms with Crippen LogP contribution >= 0.6 is 11.8 Å². The van der Waals surface area contributed by atoms with Gasteiger partial charge in [-0.2, -0.15) is 11.8 Å². The average molecular weight is 331 g/mol. The van der Waals surface area contributed by atoms with Gasteiger partial charge in [-0.3, -0.25) is 0 Å². The highest BCUT2D eigenvalue weighted by atomic mass is 32.2. The minimum absolute atomic E-state index is 0.384. The highest BCUT2D eigenvalue weighted by molar-refractivity contribution is 7.99. The third-order valence-electron chi connectivity index (χ3n) is 3.37. The molecule has 1 aromatic carbocycles. The van der Waals surface area contributed by atoms with Crippen LogP contribution in [0.3, 0.4) is 0 Å². The summed E-state index contributed by atoms with van der Waals surface area (Å²) in [4.78, 5) is 0.384. The van der Waals surface area contributed by atoms with E-state index in [0.717, 1.165) is 24.1 Å². The molecule has 0 radical (unpaired) electrons. The van der Waals surface area contributed by atoms with E-state index in [1.54, 1.807) is 17.8 Å². The van der Waals surface area contributed by atoms with Gasteiger partial charge in [-0.15, -0.1) is 0 Å². The zero-order valence-electron chi connectivity index (χ0n) is 13.3. The zero-order valence-corrected chi connectivity index (χ0v) is 14.9. The minimum Gasteiger partial charge on any atom is -0.313 e. The van der Waals surface area contributed by atoms with Crippen LogP contribution in [0.5, 0.6) is 0 Å². The predicted molar refractivity (Wildman–Crippen MR) is 91.3 cm³/mol. The number of nitrogens with one attached hydrogen (secondary N) is 2. The van der Waals surface area contributed by atoms with Crippen molar-refractivity contribution in [1.29, 1.82) is 0 Å². The van der Waals surface area contributed by atoms with Crippen molar-refractivity contribution in [3.63, 3.8) is 0 Å². The topological polar surface area (TPSA) is 58.2 Å². The number of hydrogen-bond donors (Lipinski definition) is 2.